The first kappa shape index (κ1) is 15.8. The summed E-state index contributed by atoms with van der Waals surface area (Å²) in [5.74, 6) is 0.577. The number of amides is 1. The van der Waals surface area contributed by atoms with E-state index in [4.69, 9.17) is 5.73 Å². The van der Waals surface area contributed by atoms with Gasteiger partial charge in [-0.3, -0.25) is 4.79 Å². The SMILES string of the molecule is Cc1ccc(N)cc1NC(=O)CCN(C)CC1CC(O)C1. The predicted octanol–water partition coefficient (Wildman–Crippen LogP) is 1.61. The Morgan fingerprint density at radius 1 is 1.48 bits per heavy atom. The number of nitrogens with one attached hydrogen (secondary N) is 1. The molecule has 5 heteroatoms. The molecular formula is C16H25N3O2. The summed E-state index contributed by atoms with van der Waals surface area (Å²) in [4.78, 5) is 14.1. The summed E-state index contributed by atoms with van der Waals surface area (Å²) in [6, 6.07) is 5.51. The number of hydrogen-bond acceptors (Lipinski definition) is 4. The van der Waals surface area contributed by atoms with Crippen molar-refractivity contribution in [3.63, 3.8) is 0 Å². The normalized spacial score (nSPS) is 21.1. The van der Waals surface area contributed by atoms with Gasteiger partial charge in [-0.25, -0.2) is 0 Å². The summed E-state index contributed by atoms with van der Waals surface area (Å²) in [6.07, 6.45) is 2.12. The maximum atomic E-state index is 12.0. The van der Waals surface area contributed by atoms with E-state index in [9.17, 15) is 9.90 Å². The van der Waals surface area contributed by atoms with Crippen LogP contribution in [0.4, 0.5) is 11.4 Å². The van der Waals surface area contributed by atoms with Crippen LogP contribution in [0.5, 0.6) is 0 Å². The van der Waals surface area contributed by atoms with Crippen LogP contribution in [0.3, 0.4) is 0 Å². The zero-order valence-electron chi connectivity index (χ0n) is 12.8. The first-order valence-corrected chi connectivity index (χ1v) is 7.46. The fourth-order valence-electron chi connectivity index (χ4n) is 2.66. The molecule has 0 atom stereocenters. The molecule has 1 fully saturated rings. The smallest absolute Gasteiger partial charge is 0.225 e. The van der Waals surface area contributed by atoms with Crippen LogP contribution in [0, 0.1) is 12.8 Å². The van der Waals surface area contributed by atoms with Crippen LogP contribution in [-0.4, -0.2) is 42.2 Å². The van der Waals surface area contributed by atoms with Crippen molar-refractivity contribution in [1.82, 2.24) is 4.90 Å². The van der Waals surface area contributed by atoms with Crippen molar-refractivity contribution in [2.24, 2.45) is 5.92 Å². The quantitative estimate of drug-likeness (QED) is 0.696. The highest BCUT2D eigenvalue weighted by Crippen LogP contribution is 2.27. The third-order valence-corrected chi connectivity index (χ3v) is 4.04. The summed E-state index contributed by atoms with van der Waals surface area (Å²) < 4.78 is 0. The standard InChI is InChI=1S/C16H25N3O2/c1-11-3-4-13(17)9-15(11)18-16(21)5-6-19(2)10-12-7-14(20)8-12/h3-4,9,12,14,20H,5-8,10,17H2,1-2H3,(H,18,21). The number of rotatable bonds is 6. The van der Waals surface area contributed by atoms with Gasteiger partial charge in [-0.05, 0) is 50.4 Å². The number of hydrogen-bond donors (Lipinski definition) is 3. The van der Waals surface area contributed by atoms with E-state index >= 15 is 0 Å². The van der Waals surface area contributed by atoms with Crippen LogP contribution in [0.15, 0.2) is 18.2 Å². The van der Waals surface area contributed by atoms with Crippen molar-refractivity contribution in [3.05, 3.63) is 23.8 Å². The highest BCUT2D eigenvalue weighted by molar-refractivity contribution is 5.92. The second-order valence-electron chi connectivity index (χ2n) is 6.13. The average Bonchev–Trinajstić information content (AvgIpc) is 2.39. The Hall–Kier alpha value is -1.59. The lowest BCUT2D eigenvalue weighted by atomic mass is 9.82. The van der Waals surface area contributed by atoms with Crippen LogP contribution in [-0.2, 0) is 4.79 Å². The van der Waals surface area contributed by atoms with Gasteiger partial charge in [0.05, 0.1) is 6.10 Å². The summed E-state index contributed by atoms with van der Waals surface area (Å²) in [7, 11) is 2.02. The first-order chi connectivity index (χ1) is 9.94. The molecule has 0 heterocycles. The lowest BCUT2D eigenvalue weighted by molar-refractivity contribution is -0.116. The van der Waals surface area contributed by atoms with Gasteiger partial charge < -0.3 is 21.1 Å². The second kappa shape index (κ2) is 6.91. The molecule has 4 N–H and O–H groups in total. The molecule has 2 rings (SSSR count). The van der Waals surface area contributed by atoms with Crippen LogP contribution in [0.2, 0.25) is 0 Å². The van der Waals surface area contributed by atoms with Crippen LogP contribution in [0.25, 0.3) is 0 Å². The average molecular weight is 291 g/mol. The Kier molecular flexibility index (Phi) is 5.20. The third-order valence-electron chi connectivity index (χ3n) is 4.04. The van der Waals surface area contributed by atoms with Gasteiger partial charge in [0, 0.05) is 30.9 Å². The van der Waals surface area contributed by atoms with Gasteiger partial charge in [-0.15, -0.1) is 0 Å². The molecule has 0 radical (unpaired) electrons. The van der Waals surface area contributed by atoms with Crippen molar-refractivity contribution in [2.75, 3.05) is 31.2 Å². The molecule has 1 amide bonds. The number of carbonyl (C=O) groups is 1. The fourth-order valence-corrected chi connectivity index (χ4v) is 2.66. The number of nitrogens with zero attached hydrogens (tertiary/aromatic N) is 1. The third kappa shape index (κ3) is 4.72. The molecule has 0 aliphatic heterocycles. The molecule has 1 aromatic rings. The van der Waals surface area contributed by atoms with Crippen molar-refractivity contribution < 1.29 is 9.90 Å². The molecule has 0 unspecified atom stereocenters. The van der Waals surface area contributed by atoms with Gasteiger partial charge in [-0.2, -0.15) is 0 Å². The van der Waals surface area contributed by atoms with Gasteiger partial charge in [0.1, 0.15) is 0 Å². The van der Waals surface area contributed by atoms with Crippen molar-refractivity contribution >= 4 is 17.3 Å². The number of nitrogen functional groups attached to an aromatic ring is 1. The molecular weight excluding hydrogens is 266 g/mol. The lowest BCUT2D eigenvalue weighted by Crippen LogP contribution is -2.38. The maximum absolute atomic E-state index is 12.0. The molecule has 1 aliphatic rings. The Labute approximate surface area is 126 Å². The minimum atomic E-state index is -0.113. The largest absolute Gasteiger partial charge is 0.399 e. The molecule has 1 aliphatic carbocycles. The van der Waals surface area contributed by atoms with E-state index in [2.05, 4.69) is 10.2 Å². The Balaban J connectivity index is 1.73. The van der Waals surface area contributed by atoms with E-state index in [-0.39, 0.29) is 12.0 Å². The summed E-state index contributed by atoms with van der Waals surface area (Å²) in [6.45, 7) is 3.62. The van der Waals surface area contributed by atoms with Crippen LogP contribution in [0.1, 0.15) is 24.8 Å². The Morgan fingerprint density at radius 3 is 2.86 bits per heavy atom. The molecule has 0 aromatic heterocycles. The monoisotopic (exact) mass is 291 g/mol. The predicted molar refractivity (Wildman–Crippen MR) is 85.1 cm³/mol. The Bertz CT molecular complexity index is 498. The lowest BCUT2D eigenvalue weighted by Gasteiger charge is -2.34. The summed E-state index contributed by atoms with van der Waals surface area (Å²) in [5, 5.41) is 12.2. The van der Waals surface area contributed by atoms with E-state index in [1.807, 2.05) is 26.1 Å². The number of aliphatic hydroxyl groups excluding tert-OH is 1. The number of benzene rings is 1. The van der Waals surface area contributed by atoms with Gasteiger partial charge in [0.2, 0.25) is 5.91 Å². The number of nitrogens with two attached hydrogens (primary N) is 1. The van der Waals surface area contributed by atoms with Gasteiger partial charge in [-0.1, -0.05) is 6.07 Å². The van der Waals surface area contributed by atoms with Crippen molar-refractivity contribution in [1.29, 1.82) is 0 Å². The fraction of sp³-hybridized carbons (Fsp3) is 0.562. The molecule has 5 nitrogen and oxygen atoms in total. The molecule has 0 bridgehead atoms. The van der Waals surface area contributed by atoms with Gasteiger partial charge in [0.25, 0.3) is 0 Å². The zero-order valence-corrected chi connectivity index (χ0v) is 12.8. The molecule has 116 valence electrons. The van der Waals surface area contributed by atoms with E-state index in [1.54, 1.807) is 6.07 Å². The number of anilines is 2. The second-order valence-corrected chi connectivity index (χ2v) is 6.13. The molecule has 0 spiro atoms. The van der Waals surface area contributed by atoms with Crippen LogP contribution < -0.4 is 11.1 Å². The number of aliphatic hydroxyl groups is 1. The minimum absolute atomic E-state index is 0.00388. The van der Waals surface area contributed by atoms with Crippen molar-refractivity contribution in [3.8, 4) is 0 Å². The summed E-state index contributed by atoms with van der Waals surface area (Å²) in [5.41, 5.74) is 8.17. The number of aryl methyl sites for hydroxylation is 1. The number of carbonyl (C=O) groups excluding carboxylic acids is 1. The topological polar surface area (TPSA) is 78.6 Å². The zero-order chi connectivity index (χ0) is 15.4. The minimum Gasteiger partial charge on any atom is -0.399 e. The summed E-state index contributed by atoms with van der Waals surface area (Å²) >= 11 is 0. The molecule has 21 heavy (non-hydrogen) atoms. The van der Waals surface area contributed by atoms with E-state index in [1.165, 1.54) is 0 Å². The molecule has 1 saturated carbocycles. The first-order valence-electron chi connectivity index (χ1n) is 7.46. The molecule has 0 saturated heterocycles. The van der Waals surface area contributed by atoms with Gasteiger partial charge >= 0.3 is 0 Å². The van der Waals surface area contributed by atoms with Crippen molar-refractivity contribution in [2.45, 2.75) is 32.3 Å². The maximum Gasteiger partial charge on any atom is 0.225 e. The highest BCUT2D eigenvalue weighted by Gasteiger charge is 2.27. The van der Waals surface area contributed by atoms with E-state index < -0.39 is 0 Å². The van der Waals surface area contributed by atoms with Gasteiger partial charge in [0.15, 0.2) is 0 Å². The van der Waals surface area contributed by atoms with E-state index in [0.717, 1.165) is 37.2 Å². The van der Waals surface area contributed by atoms with E-state index in [0.29, 0.717) is 18.0 Å². The van der Waals surface area contributed by atoms with Crippen LogP contribution >= 0.6 is 0 Å². The Morgan fingerprint density at radius 2 is 2.19 bits per heavy atom. The highest BCUT2D eigenvalue weighted by atomic mass is 16.3. The molecule has 1 aromatic carbocycles.